The molecule has 0 aromatic carbocycles. The number of aliphatic hydroxyl groups excluding tert-OH is 1. The fourth-order valence-corrected chi connectivity index (χ4v) is 1.37. The van der Waals surface area contributed by atoms with E-state index in [0.29, 0.717) is 25.4 Å². The maximum Gasteiger partial charge on any atom is 0.223 e. The molecule has 88 valence electrons. The van der Waals surface area contributed by atoms with Gasteiger partial charge in [-0.3, -0.25) is 4.79 Å². The second-order valence-corrected chi connectivity index (χ2v) is 4.43. The molecule has 1 rings (SSSR count). The van der Waals surface area contributed by atoms with Gasteiger partial charge in [0.15, 0.2) is 0 Å². The van der Waals surface area contributed by atoms with Crippen LogP contribution in [0.4, 0.5) is 0 Å². The van der Waals surface area contributed by atoms with Gasteiger partial charge in [-0.25, -0.2) is 0 Å². The van der Waals surface area contributed by atoms with Crippen LogP contribution < -0.4 is 5.32 Å². The van der Waals surface area contributed by atoms with Crippen LogP contribution in [0.3, 0.4) is 0 Å². The zero-order valence-electron chi connectivity index (χ0n) is 9.70. The fourth-order valence-electron chi connectivity index (χ4n) is 1.37. The Morgan fingerprint density at radius 2 is 2.27 bits per heavy atom. The van der Waals surface area contributed by atoms with Gasteiger partial charge in [-0.2, -0.15) is 0 Å². The third-order valence-electron chi connectivity index (χ3n) is 2.66. The molecule has 0 bridgehead atoms. The summed E-state index contributed by atoms with van der Waals surface area (Å²) in [5.74, 6) is 0.156. The summed E-state index contributed by atoms with van der Waals surface area (Å²) in [5.41, 5.74) is 0. The number of rotatable bonds is 7. The average Bonchev–Trinajstić information content (AvgIpc) is 2.97. The van der Waals surface area contributed by atoms with E-state index >= 15 is 0 Å². The highest BCUT2D eigenvalue weighted by Gasteiger charge is 2.20. The summed E-state index contributed by atoms with van der Waals surface area (Å²) >= 11 is 0. The Hall–Kier alpha value is -0.610. The minimum absolute atomic E-state index is 0.156. The monoisotopic (exact) mass is 214 g/mol. The lowest BCUT2D eigenvalue weighted by molar-refractivity contribution is -0.130. The van der Waals surface area contributed by atoms with Crippen LogP contribution in [0.1, 0.15) is 32.6 Å². The van der Waals surface area contributed by atoms with Crippen molar-refractivity contribution < 1.29 is 9.90 Å². The van der Waals surface area contributed by atoms with Gasteiger partial charge in [0.2, 0.25) is 5.91 Å². The highest BCUT2D eigenvalue weighted by Crippen LogP contribution is 2.18. The Morgan fingerprint density at radius 3 is 2.80 bits per heavy atom. The Kier molecular flexibility index (Phi) is 5.05. The molecule has 1 aliphatic carbocycles. The lowest BCUT2D eigenvalue weighted by Gasteiger charge is -2.18. The number of aliphatic hydroxyl groups is 1. The van der Waals surface area contributed by atoms with E-state index in [1.165, 1.54) is 12.8 Å². The van der Waals surface area contributed by atoms with Gasteiger partial charge in [-0.1, -0.05) is 0 Å². The minimum Gasteiger partial charge on any atom is -0.393 e. The topological polar surface area (TPSA) is 52.6 Å². The Bertz CT molecular complexity index is 203. The summed E-state index contributed by atoms with van der Waals surface area (Å²) in [6, 6.07) is 0.667. The van der Waals surface area contributed by atoms with E-state index < -0.39 is 0 Å². The number of hydrogen-bond donors (Lipinski definition) is 2. The van der Waals surface area contributed by atoms with Crippen molar-refractivity contribution in [2.75, 3.05) is 20.1 Å². The quantitative estimate of drug-likeness (QED) is 0.643. The van der Waals surface area contributed by atoms with Crippen LogP contribution in [-0.2, 0) is 4.79 Å². The molecule has 0 aliphatic heterocycles. The molecule has 0 aromatic rings. The van der Waals surface area contributed by atoms with Gasteiger partial charge in [0.05, 0.1) is 6.10 Å². The van der Waals surface area contributed by atoms with Crippen molar-refractivity contribution in [3.05, 3.63) is 0 Å². The molecule has 1 unspecified atom stereocenters. The molecular formula is C11H22N2O2. The van der Waals surface area contributed by atoms with E-state index in [-0.39, 0.29) is 12.0 Å². The molecule has 0 radical (unpaired) electrons. The van der Waals surface area contributed by atoms with Gasteiger partial charge < -0.3 is 15.3 Å². The number of amides is 1. The standard InChI is InChI=1S/C11H22N2O2/c1-9(14)6-8-13(2)11(15)5-7-12-10-3-4-10/h9-10,12,14H,3-8H2,1-2H3. The number of nitrogens with one attached hydrogen (secondary N) is 1. The van der Waals surface area contributed by atoms with Crippen LogP contribution in [0.15, 0.2) is 0 Å². The van der Waals surface area contributed by atoms with Gasteiger partial charge in [0.25, 0.3) is 0 Å². The van der Waals surface area contributed by atoms with E-state index in [1.54, 1.807) is 18.9 Å². The lowest BCUT2D eigenvalue weighted by atomic mass is 10.2. The molecule has 0 aromatic heterocycles. The molecule has 15 heavy (non-hydrogen) atoms. The molecule has 1 fully saturated rings. The van der Waals surface area contributed by atoms with E-state index in [9.17, 15) is 4.79 Å². The molecule has 1 amide bonds. The number of carbonyl (C=O) groups is 1. The molecule has 0 saturated heterocycles. The molecule has 0 heterocycles. The Labute approximate surface area is 91.6 Å². The highest BCUT2D eigenvalue weighted by atomic mass is 16.3. The van der Waals surface area contributed by atoms with Gasteiger partial charge >= 0.3 is 0 Å². The van der Waals surface area contributed by atoms with Crippen LogP contribution >= 0.6 is 0 Å². The molecular weight excluding hydrogens is 192 g/mol. The first-order valence-electron chi connectivity index (χ1n) is 5.75. The highest BCUT2D eigenvalue weighted by molar-refractivity contribution is 5.76. The zero-order valence-corrected chi connectivity index (χ0v) is 9.70. The normalized spacial score (nSPS) is 17.5. The zero-order chi connectivity index (χ0) is 11.3. The van der Waals surface area contributed by atoms with Crippen molar-refractivity contribution in [3.8, 4) is 0 Å². The first-order valence-corrected chi connectivity index (χ1v) is 5.75. The van der Waals surface area contributed by atoms with Crippen LogP contribution in [-0.4, -0.2) is 48.2 Å². The third kappa shape index (κ3) is 5.74. The average molecular weight is 214 g/mol. The molecule has 2 N–H and O–H groups in total. The molecule has 0 spiro atoms. The summed E-state index contributed by atoms with van der Waals surface area (Å²) in [6.07, 6.45) is 3.40. The SMILES string of the molecule is CC(O)CCN(C)C(=O)CCNC1CC1. The van der Waals surface area contributed by atoms with E-state index in [4.69, 9.17) is 5.11 Å². The summed E-state index contributed by atoms with van der Waals surface area (Å²) < 4.78 is 0. The van der Waals surface area contributed by atoms with Crippen molar-refractivity contribution >= 4 is 5.91 Å². The molecule has 1 saturated carbocycles. The van der Waals surface area contributed by atoms with Crippen molar-refractivity contribution in [3.63, 3.8) is 0 Å². The Balaban J connectivity index is 2.03. The lowest BCUT2D eigenvalue weighted by Crippen LogP contribution is -2.32. The number of nitrogens with zero attached hydrogens (tertiary/aromatic N) is 1. The molecule has 1 atom stereocenters. The molecule has 4 heteroatoms. The summed E-state index contributed by atoms with van der Waals surface area (Å²) in [5, 5.41) is 12.4. The molecule has 1 aliphatic rings. The van der Waals surface area contributed by atoms with Crippen molar-refractivity contribution in [2.24, 2.45) is 0 Å². The van der Waals surface area contributed by atoms with E-state index in [1.807, 2.05) is 0 Å². The maximum absolute atomic E-state index is 11.6. The van der Waals surface area contributed by atoms with Crippen LogP contribution in [0.25, 0.3) is 0 Å². The first-order chi connectivity index (χ1) is 7.09. The number of carbonyl (C=O) groups excluding carboxylic acids is 1. The Morgan fingerprint density at radius 1 is 1.60 bits per heavy atom. The van der Waals surface area contributed by atoms with Gasteiger partial charge in [-0.15, -0.1) is 0 Å². The summed E-state index contributed by atoms with van der Waals surface area (Å²) in [7, 11) is 1.79. The van der Waals surface area contributed by atoms with E-state index in [2.05, 4.69) is 5.32 Å². The largest absolute Gasteiger partial charge is 0.393 e. The smallest absolute Gasteiger partial charge is 0.223 e. The van der Waals surface area contributed by atoms with Crippen LogP contribution in [0, 0.1) is 0 Å². The molecule has 4 nitrogen and oxygen atoms in total. The minimum atomic E-state index is -0.329. The van der Waals surface area contributed by atoms with E-state index in [0.717, 1.165) is 6.54 Å². The van der Waals surface area contributed by atoms with Crippen LogP contribution in [0.2, 0.25) is 0 Å². The number of hydrogen-bond acceptors (Lipinski definition) is 3. The second-order valence-electron chi connectivity index (χ2n) is 4.43. The van der Waals surface area contributed by atoms with Gasteiger partial charge in [0.1, 0.15) is 0 Å². The summed E-state index contributed by atoms with van der Waals surface area (Å²) in [4.78, 5) is 13.3. The maximum atomic E-state index is 11.6. The van der Waals surface area contributed by atoms with Crippen molar-refractivity contribution in [1.82, 2.24) is 10.2 Å². The predicted octanol–water partition coefficient (Wildman–Crippen LogP) is 0.358. The first kappa shape index (κ1) is 12.5. The third-order valence-corrected chi connectivity index (χ3v) is 2.66. The van der Waals surface area contributed by atoms with Crippen LogP contribution in [0.5, 0.6) is 0 Å². The van der Waals surface area contributed by atoms with Crippen molar-refractivity contribution in [2.45, 2.75) is 44.8 Å². The fraction of sp³-hybridized carbons (Fsp3) is 0.909. The predicted molar refractivity (Wildman–Crippen MR) is 59.6 cm³/mol. The summed E-state index contributed by atoms with van der Waals surface area (Å²) in [6.45, 7) is 3.16. The van der Waals surface area contributed by atoms with Gasteiger partial charge in [0, 0.05) is 32.6 Å². The van der Waals surface area contributed by atoms with Crippen molar-refractivity contribution in [1.29, 1.82) is 0 Å². The second kappa shape index (κ2) is 6.08. The van der Waals surface area contributed by atoms with Gasteiger partial charge in [-0.05, 0) is 26.2 Å².